The predicted octanol–water partition coefficient (Wildman–Crippen LogP) is 1.30. The standard InChI is InChI=1S/C18H19N5O4/c1-9-10(2)23-14-15(21(3)18(25)20-16(14)24)19-17(23)22(9)12-8-11(26-4)6-7-13(12)27-5/h6-8H,1-5H3,(H,20,24,25). The number of fused-ring (bicyclic) bond motifs is 3. The lowest BCUT2D eigenvalue weighted by atomic mass is 10.2. The van der Waals surface area contributed by atoms with E-state index in [2.05, 4.69) is 9.97 Å². The van der Waals surface area contributed by atoms with Gasteiger partial charge >= 0.3 is 5.69 Å². The maximum absolute atomic E-state index is 12.5. The third-order valence-electron chi connectivity index (χ3n) is 4.92. The van der Waals surface area contributed by atoms with Crippen molar-refractivity contribution < 1.29 is 9.47 Å². The number of imidazole rings is 2. The van der Waals surface area contributed by atoms with E-state index < -0.39 is 11.2 Å². The van der Waals surface area contributed by atoms with Gasteiger partial charge in [0.2, 0.25) is 5.78 Å². The van der Waals surface area contributed by atoms with Gasteiger partial charge in [-0.2, -0.15) is 4.98 Å². The fourth-order valence-electron chi connectivity index (χ4n) is 3.37. The van der Waals surface area contributed by atoms with E-state index in [-0.39, 0.29) is 0 Å². The summed E-state index contributed by atoms with van der Waals surface area (Å²) in [7, 11) is 4.75. The molecule has 140 valence electrons. The molecule has 0 aliphatic carbocycles. The second-order valence-electron chi connectivity index (χ2n) is 6.28. The number of aromatic nitrogens is 5. The highest BCUT2D eigenvalue weighted by atomic mass is 16.5. The van der Waals surface area contributed by atoms with Crippen molar-refractivity contribution in [1.29, 1.82) is 0 Å². The second-order valence-corrected chi connectivity index (χ2v) is 6.28. The lowest BCUT2D eigenvalue weighted by Crippen LogP contribution is -2.28. The molecule has 0 aliphatic heterocycles. The summed E-state index contributed by atoms with van der Waals surface area (Å²) in [5.74, 6) is 1.81. The molecule has 0 saturated heterocycles. The SMILES string of the molecule is COc1ccc(OC)c(-n2c(C)c(C)n3c4c(=O)[nH]c(=O)n(C)c4nc23)c1. The van der Waals surface area contributed by atoms with Crippen LogP contribution < -0.4 is 20.7 Å². The topological polar surface area (TPSA) is 95.5 Å². The van der Waals surface area contributed by atoms with Crippen molar-refractivity contribution in [3.8, 4) is 17.2 Å². The lowest BCUT2D eigenvalue weighted by molar-refractivity contribution is 0.401. The van der Waals surface area contributed by atoms with E-state index in [1.807, 2.05) is 36.6 Å². The zero-order valence-electron chi connectivity index (χ0n) is 15.7. The number of methoxy groups -OCH3 is 2. The number of hydrogen-bond acceptors (Lipinski definition) is 5. The van der Waals surface area contributed by atoms with Crippen molar-refractivity contribution in [2.24, 2.45) is 7.05 Å². The van der Waals surface area contributed by atoms with Crippen LogP contribution in [0.25, 0.3) is 22.6 Å². The van der Waals surface area contributed by atoms with Crippen LogP contribution >= 0.6 is 0 Å². The van der Waals surface area contributed by atoms with E-state index in [9.17, 15) is 9.59 Å². The number of hydrogen-bond donors (Lipinski definition) is 1. The number of ether oxygens (including phenoxy) is 2. The summed E-state index contributed by atoms with van der Waals surface area (Å²) in [5, 5.41) is 0. The van der Waals surface area contributed by atoms with Gasteiger partial charge < -0.3 is 9.47 Å². The normalized spacial score (nSPS) is 11.4. The summed E-state index contributed by atoms with van der Waals surface area (Å²) >= 11 is 0. The highest BCUT2D eigenvalue weighted by Gasteiger charge is 2.23. The third kappa shape index (κ3) is 2.21. The molecule has 0 bridgehead atoms. The Balaban J connectivity index is 2.21. The first kappa shape index (κ1) is 17.0. The number of benzene rings is 1. The Kier molecular flexibility index (Phi) is 3.62. The van der Waals surface area contributed by atoms with Gasteiger partial charge in [-0.15, -0.1) is 0 Å². The Hall–Kier alpha value is -3.49. The van der Waals surface area contributed by atoms with E-state index in [1.165, 1.54) is 4.57 Å². The van der Waals surface area contributed by atoms with Gasteiger partial charge in [0.25, 0.3) is 5.56 Å². The number of H-pyrrole nitrogens is 1. The Morgan fingerprint density at radius 2 is 1.81 bits per heavy atom. The summed E-state index contributed by atoms with van der Waals surface area (Å²) in [4.78, 5) is 31.4. The molecule has 0 amide bonds. The van der Waals surface area contributed by atoms with Crippen LogP contribution in [0.1, 0.15) is 11.4 Å². The Morgan fingerprint density at radius 3 is 2.48 bits per heavy atom. The average molecular weight is 369 g/mol. The monoisotopic (exact) mass is 369 g/mol. The smallest absolute Gasteiger partial charge is 0.329 e. The first-order valence-electron chi connectivity index (χ1n) is 8.30. The minimum Gasteiger partial charge on any atom is -0.497 e. The largest absolute Gasteiger partial charge is 0.497 e. The maximum Gasteiger partial charge on any atom is 0.329 e. The van der Waals surface area contributed by atoms with Crippen LogP contribution in [0.4, 0.5) is 0 Å². The van der Waals surface area contributed by atoms with E-state index >= 15 is 0 Å². The minimum atomic E-state index is -0.506. The third-order valence-corrected chi connectivity index (χ3v) is 4.92. The van der Waals surface area contributed by atoms with E-state index in [4.69, 9.17) is 9.47 Å². The number of nitrogens with one attached hydrogen (secondary N) is 1. The summed E-state index contributed by atoms with van der Waals surface area (Å²) in [6.45, 7) is 3.84. The number of rotatable bonds is 3. The van der Waals surface area contributed by atoms with Gasteiger partial charge in [-0.1, -0.05) is 0 Å². The lowest BCUT2D eigenvalue weighted by Gasteiger charge is -2.13. The van der Waals surface area contributed by atoms with Crippen molar-refractivity contribution >= 4 is 16.9 Å². The minimum absolute atomic E-state index is 0.317. The molecule has 0 unspecified atom stereocenters. The Labute approximate surface area is 153 Å². The molecule has 4 rings (SSSR count). The first-order chi connectivity index (χ1) is 12.9. The molecule has 3 aromatic heterocycles. The van der Waals surface area contributed by atoms with E-state index in [0.717, 1.165) is 17.1 Å². The number of nitrogens with zero attached hydrogens (tertiary/aromatic N) is 4. The van der Waals surface area contributed by atoms with Gasteiger partial charge in [0, 0.05) is 24.5 Å². The molecule has 0 fully saturated rings. The van der Waals surface area contributed by atoms with Gasteiger partial charge in [0.05, 0.1) is 19.9 Å². The molecule has 3 heterocycles. The molecule has 27 heavy (non-hydrogen) atoms. The molecule has 0 atom stereocenters. The first-order valence-corrected chi connectivity index (χ1v) is 8.30. The van der Waals surface area contributed by atoms with Crippen LogP contribution in [-0.4, -0.2) is 37.7 Å². The van der Waals surface area contributed by atoms with Crippen molar-refractivity contribution in [2.75, 3.05) is 14.2 Å². The molecule has 9 heteroatoms. The zero-order valence-corrected chi connectivity index (χ0v) is 15.7. The molecule has 0 spiro atoms. The van der Waals surface area contributed by atoms with Crippen LogP contribution in [0, 0.1) is 13.8 Å². The molecule has 1 aromatic carbocycles. The van der Waals surface area contributed by atoms with Crippen molar-refractivity contribution in [1.82, 2.24) is 23.5 Å². The fraction of sp³-hybridized carbons (Fsp3) is 0.278. The van der Waals surface area contributed by atoms with Gasteiger partial charge in [0.15, 0.2) is 11.2 Å². The van der Waals surface area contributed by atoms with Crippen LogP contribution in [0.15, 0.2) is 27.8 Å². The Morgan fingerprint density at radius 1 is 1.07 bits per heavy atom. The summed E-state index contributed by atoms with van der Waals surface area (Å²) < 4.78 is 15.8. The van der Waals surface area contributed by atoms with Crippen molar-refractivity contribution in [3.63, 3.8) is 0 Å². The van der Waals surface area contributed by atoms with Gasteiger partial charge in [-0.3, -0.25) is 23.3 Å². The summed E-state index contributed by atoms with van der Waals surface area (Å²) in [6, 6.07) is 5.46. The molecule has 4 aromatic rings. The van der Waals surface area contributed by atoms with Crippen LogP contribution in [0.2, 0.25) is 0 Å². The average Bonchev–Trinajstić information content (AvgIpc) is 3.16. The van der Waals surface area contributed by atoms with Gasteiger partial charge in [-0.25, -0.2) is 4.79 Å². The molecule has 0 radical (unpaired) electrons. The zero-order chi connectivity index (χ0) is 19.5. The van der Waals surface area contributed by atoms with Crippen LogP contribution in [0.3, 0.4) is 0 Å². The molecule has 1 N–H and O–H groups in total. The Bertz CT molecular complexity index is 1320. The molecule has 0 aliphatic rings. The van der Waals surface area contributed by atoms with Gasteiger partial charge in [0.1, 0.15) is 11.5 Å². The number of aryl methyl sites for hydroxylation is 2. The van der Waals surface area contributed by atoms with E-state index in [0.29, 0.717) is 28.4 Å². The highest BCUT2D eigenvalue weighted by molar-refractivity contribution is 5.77. The summed E-state index contributed by atoms with van der Waals surface area (Å²) in [5.41, 5.74) is 2.11. The molecular formula is C18H19N5O4. The maximum atomic E-state index is 12.5. The molecular weight excluding hydrogens is 350 g/mol. The van der Waals surface area contributed by atoms with Crippen molar-refractivity contribution in [3.05, 3.63) is 50.4 Å². The van der Waals surface area contributed by atoms with Gasteiger partial charge in [-0.05, 0) is 26.0 Å². The van der Waals surface area contributed by atoms with E-state index in [1.54, 1.807) is 25.7 Å². The number of aromatic amines is 1. The predicted molar refractivity (Wildman–Crippen MR) is 100 cm³/mol. The quantitative estimate of drug-likeness (QED) is 0.587. The highest BCUT2D eigenvalue weighted by Crippen LogP contribution is 2.32. The van der Waals surface area contributed by atoms with Crippen LogP contribution in [-0.2, 0) is 7.05 Å². The molecule has 0 saturated carbocycles. The second kappa shape index (κ2) is 5.76. The van der Waals surface area contributed by atoms with Crippen LogP contribution in [0.5, 0.6) is 11.5 Å². The summed E-state index contributed by atoms with van der Waals surface area (Å²) in [6.07, 6.45) is 0. The van der Waals surface area contributed by atoms with Crippen molar-refractivity contribution in [2.45, 2.75) is 13.8 Å². The fourth-order valence-corrected chi connectivity index (χ4v) is 3.37. The molecule has 9 nitrogen and oxygen atoms in total.